The number of carbonyl (C=O) groups excluding carboxylic acids is 1. The Labute approximate surface area is 84.3 Å². The van der Waals surface area contributed by atoms with Crippen molar-refractivity contribution in [3.8, 4) is 0 Å². The minimum atomic E-state index is -2.62. The van der Waals surface area contributed by atoms with Crippen LogP contribution < -0.4 is 5.32 Å². The van der Waals surface area contributed by atoms with Crippen molar-refractivity contribution in [3.63, 3.8) is 0 Å². The summed E-state index contributed by atoms with van der Waals surface area (Å²) < 4.78 is 20.5. The van der Waals surface area contributed by atoms with E-state index in [1.165, 1.54) is 13.0 Å². The fourth-order valence-electron chi connectivity index (χ4n) is 0.928. The molecule has 1 N–H and O–H groups in total. The van der Waals surface area contributed by atoms with Crippen molar-refractivity contribution >= 4 is 11.6 Å². The Morgan fingerprint density at radius 1 is 1.79 bits per heavy atom. The molecule has 0 bridgehead atoms. The summed E-state index contributed by atoms with van der Waals surface area (Å²) in [4.78, 5) is 24.8. The summed E-state index contributed by atoms with van der Waals surface area (Å²) in [7, 11) is 0. The van der Waals surface area contributed by atoms with E-state index in [0.717, 1.165) is 6.20 Å². The Kier molecular flexibility index (Phi) is 1.77. The SMILES string of the molecule is [2H]C([2H])([2H])NC(=O)c1cc(C)c([N+](=O)[O-])cn1. The van der Waals surface area contributed by atoms with Crippen LogP contribution in [0.5, 0.6) is 0 Å². The molecule has 1 aromatic rings. The highest BCUT2D eigenvalue weighted by molar-refractivity contribution is 5.92. The fourth-order valence-corrected chi connectivity index (χ4v) is 0.928. The number of nitrogens with one attached hydrogen (secondary N) is 1. The summed E-state index contributed by atoms with van der Waals surface area (Å²) in [5.74, 6) is -0.900. The van der Waals surface area contributed by atoms with E-state index in [1.54, 1.807) is 5.32 Å². The summed E-state index contributed by atoms with van der Waals surface area (Å²) in [6.07, 6.45) is 0.920. The minimum Gasteiger partial charge on any atom is -0.354 e. The molecule has 0 radical (unpaired) electrons. The van der Waals surface area contributed by atoms with Crippen LogP contribution in [0.2, 0.25) is 0 Å². The lowest BCUT2D eigenvalue weighted by molar-refractivity contribution is -0.385. The van der Waals surface area contributed by atoms with E-state index in [0.29, 0.717) is 0 Å². The largest absolute Gasteiger partial charge is 0.354 e. The number of nitrogens with zero attached hydrogens (tertiary/aromatic N) is 2. The van der Waals surface area contributed by atoms with E-state index < -0.39 is 17.8 Å². The number of rotatable bonds is 2. The second kappa shape index (κ2) is 3.82. The molecule has 0 atom stereocenters. The molecular formula is C8H9N3O3. The third kappa shape index (κ3) is 1.85. The molecule has 1 rings (SSSR count). The average molecular weight is 198 g/mol. The molecular weight excluding hydrogens is 186 g/mol. The molecule has 1 heterocycles. The van der Waals surface area contributed by atoms with Crippen LogP contribution in [-0.4, -0.2) is 22.8 Å². The lowest BCUT2D eigenvalue weighted by Crippen LogP contribution is -2.19. The summed E-state index contributed by atoms with van der Waals surface area (Å²) in [5.41, 5.74) is -0.166. The lowest BCUT2D eigenvalue weighted by atomic mass is 10.2. The first-order valence-electron chi connectivity index (χ1n) is 5.14. The topological polar surface area (TPSA) is 85.1 Å². The summed E-state index contributed by atoms with van der Waals surface area (Å²) in [6, 6.07) is 1.17. The first-order valence-corrected chi connectivity index (χ1v) is 3.64. The number of hydrogen-bond donors (Lipinski definition) is 1. The van der Waals surface area contributed by atoms with Crippen molar-refractivity contribution in [1.29, 1.82) is 0 Å². The lowest BCUT2D eigenvalue weighted by Gasteiger charge is -2.00. The van der Waals surface area contributed by atoms with Gasteiger partial charge in [-0.2, -0.15) is 0 Å². The van der Waals surface area contributed by atoms with Gasteiger partial charge in [0, 0.05) is 16.7 Å². The van der Waals surface area contributed by atoms with Crippen molar-refractivity contribution in [3.05, 3.63) is 33.6 Å². The van der Waals surface area contributed by atoms with Crippen molar-refractivity contribution in [1.82, 2.24) is 10.3 Å². The van der Waals surface area contributed by atoms with Crippen LogP contribution >= 0.6 is 0 Å². The normalized spacial score (nSPS) is 13.6. The average Bonchev–Trinajstić information content (AvgIpc) is 2.14. The standard InChI is InChI=1S/C8H9N3O3/c1-5-3-6(8(12)9-2)10-4-7(5)11(13)14/h3-4H,1-2H3,(H,9,12)/i2D3. The maximum absolute atomic E-state index is 11.4. The molecule has 0 aliphatic rings. The fraction of sp³-hybridized carbons (Fsp3) is 0.250. The molecule has 74 valence electrons. The van der Waals surface area contributed by atoms with Gasteiger partial charge < -0.3 is 5.32 Å². The molecule has 0 saturated carbocycles. The molecule has 6 nitrogen and oxygen atoms in total. The maximum atomic E-state index is 11.4. The minimum absolute atomic E-state index is 0.177. The number of aromatic nitrogens is 1. The van der Waals surface area contributed by atoms with Gasteiger partial charge in [-0.3, -0.25) is 14.9 Å². The van der Waals surface area contributed by atoms with Gasteiger partial charge in [0.15, 0.2) is 0 Å². The van der Waals surface area contributed by atoms with Crippen LogP contribution in [0.4, 0.5) is 5.69 Å². The van der Waals surface area contributed by atoms with Crippen molar-refractivity contribution in [2.45, 2.75) is 6.92 Å². The smallest absolute Gasteiger partial charge is 0.290 e. The third-order valence-electron chi connectivity index (χ3n) is 1.63. The van der Waals surface area contributed by atoms with E-state index in [4.69, 9.17) is 4.11 Å². The van der Waals surface area contributed by atoms with E-state index in [2.05, 4.69) is 4.98 Å². The van der Waals surface area contributed by atoms with Crippen molar-refractivity contribution in [2.75, 3.05) is 6.98 Å². The Hall–Kier alpha value is -1.98. The zero-order valence-electron chi connectivity index (χ0n) is 10.3. The van der Waals surface area contributed by atoms with Crippen LogP contribution in [-0.2, 0) is 0 Å². The van der Waals surface area contributed by atoms with E-state index in [9.17, 15) is 14.9 Å². The Balaban J connectivity index is 2.98. The molecule has 0 fully saturated rings. The summed E-state index contributed by atoms with van der Waals surface area (Å²) in [6.45, 7) is -1.18. The number of pyridine rings is 1. The third-order valence-corrected chi connectivity index (χ3v) is 1.63. The van der Waals surface area contributed by atoms with Crippen LogP contribution in [0, 0.1) is 17.0 Å². The molecule has 14 heavy (non-hydrogen) atoms. The molecule has 1 amide bonds. The molecule has 0 aliphatic carbocycles. The van der Waals surface area contributed by atoms with Gasteiger partial charge in [0.2, 0.25) is 0 Å². The zero-order chi connectivity index (χ0) is 13.2. The number of aryl methyl sites for hydroxylation is 1. The van der Waals surface area contributed by atoms with Crippen LogP contribution in [0.25, 0.3) is 0 Å². The summed E-state index contributed by atoms with van der Waals surface area (Å²) >= 11 is 0. The number of amides is 1. The maximum Gasteiger partial charge on any atom is 0.290 e. The van der Waals surface area contributed by atoms with Crippen LogP contribution in [0.1, 0.15) is 20.2 Å². The Bertz CT molecular complexity index is 473. The second-order valence-electron chi connectivity index (χ2n) is 2.57. The second-order valence-corrected chi connectivity index (χ2v) is 2.57. The quantitative estimate of drug-likeness (QED) is 0.558. The number of carbonyl (C=O) groups is 1. The van der Waals surface area contributed by atoms with E-state index in [1.807, 2.05) is 0 Å². The highest BCUT2D eigenvalue weighted by Gasteiger charge is 2.13. The van der Waals surface area contributed by atoms with Gasteiger partial charge in [-0.15, -0.1) is 0 Å². The van der Waals surface area contributed by atoms with Gasteiger partial charge in [-0.1, -0.05) is 0 Å². The van der Waals surface area contributed by atoms with Gasteiger partial charge in [-0.25, -0.2) is 4.98 Å². The van der Waals surface area contributed by atoms with Gasteiger partial charge in [-0.05, 0) is 13.0 Å². The van der Waals surface area contributed by atoms with Gasteiger partial charge in [0.05, 0.1) is 4.92 Å². The van der Waals surface area contributed by atoms with E-state index >= 15 is 0 Å². The Morgan fingerprint density at radius 2 is 2.50 bits per heavy atom. The molecule has 0 aliphatic heterocycles. The highest BCUT2D eigenvalue weighted by atomic mass is 16.6. The summed E-state index contributed by atoms with van der Waals surface area (Å²) in [5, 5.41) is 12.2. The number of hydrogen-bond acceptors (Lipinski definition) is 4. The van der Waals surface area contributed by atoms with Gasteiger partial charge in [0.1, 0.15) is 11.9 Å². The van der Waals surface area contributed by atoms with Crippen molar-refractivity contribution in [2.24, 2.45) is 0 Å². The van der Waals surface area contributed by atoms with Gasteiger partial charge >= 0.3 is 0 Å². The van der Waals surface area contributed by atoms with E-state index in [-0.39, 0.29) is 16.9 Å². The first kappa shape index (κ1) is 6.47. The predicted molar refractivity (Wildman–Crippen MR) is 49.0 cm³/mol. The highest BCUT2D eigenvalue weighted by Crippen LogP contribution is 2.16. The molecule has 6 heteroatoms. The first-order chi connectivity index (χ1) is 7.70. The predicted octanol–water partition coefficient (Wildman–Crippen LogP) is 0.658. The molecule has 0 saturated heterocycles. The van der Waals surface area contributed by atoms with Crippen LogP contribution in [0.3, 0.4) is 0 Å². The Morgan fingerprint density at radius 3 is 3.00 bits per heavy atom. The molecule has 0 aromatic carbocycles. The molecule has 0 unspecified atom stereocenters. The van der Waals surface area contributed by atoms with Crippen LogP contribution in [0.15, 0.2) is 12.3 Å². The monoisotopic (exact) mass is 198 g/mol. The number of nitro groups is 1. The molecule has 1 aromatic heterocycles. The van der Waals surface area contributed by atoms with Crippen molar-refractivity contribution < 1.29 is 13.8 Å². The zero-order valence-corrected chi connectivity index (χ0v) is 7.27. The van der Waals surface area contributed by atoms with Gasteiger partial charge in [0.25, 0.3) is 11.6 Å². The molecule has 0 spiro atoms.